The van der Waals surface area contributed by atoms with Crippen LogP contribution in [0.5, 0.6) is 0 Å². The molecule has 21 heavy (non-hydrogen) atoms. The van der Waals surface area contributed by atoms with E-state index in [1.54, 1.807) is 0 Å². The predicted octanol–water partition coefficient (Wildman–Crippen LogP) is 4.74. The molecule has 1 heterocycles. The van der Waals surface area contributed by atoms with Gasteiger partial charge in [0, 0.05) is 22.2 Å². The van der Waals surface area contributed by atoms with Crippen molar-refractivity contribution < 1.29 is 4.52 Å². The summed E-state index contributed by atoms with van der Waals surface area (Å²) in [5, 5.41) is 11.2. The van der Waals surface area contributed by atoms with E-state index in [0.29, 0.717) is 16.0 Å². The van der Waals surface area contributed by atoms with Gasteiger partial charge in [0.2, 0.25) is 0 Å². The summed E-state index contributed by atoms with van der Waals surface area (Å²) in [6, 6.07) is 7.44. The van der Waals surface area contributed by atoms with Crippen LogP contribution in [0, 0.1) is 6.92 Å². The van der Waals surface area contributed by atoms with Crippen molar-refractivity contribution in [3.63, 3.8) is 0 Å². The van der Waals surface area contributed by atoms with Crippen LogP contribution in [0.3, 0.4) is 0 Å². The van der Waals surface area contributed by atoms with Crippen LogP contribution in [0.25, 0.3) is 0 Å². The Hall–Kier alpha value is -1.59. The Bertz CT molecular complexity index is 661. The van der Waals surface area contributed by atoms with Crippen LogP contribution in [-0.4, -0.2) is 10.3 Å². The lowest BCUT2D eigenvalue weighted by Gasteiger charge is -2.12. The summed E-state index contributed by atoms with van der Waals surface area (Å²) in [7, 11) is 0. The fourth-order valence-corrected chi connectivity index (χ4v) is 2.07. The molecule has 0 bridgehead atoms. The first-order valence-electron chi connectivity index (χ1n) is 6.57. The van der Waals surface area contributed by atoms with Gasteiger partial charge in [0.1, 0.15) is 5.76 Å². The summed E-state index contributed by atoms with van der Waals surface area (Å²) in [5.74, 6) is 1.38. The number of hydrogen-bond donors (Lipinski definition) is 2. The van der Waals surface area contributed by atoms with E-state index in [4.69, 9.17) is 28.3 Å². The quantitative estimate of drug-likeness (QED) is 0.781. The molecule has 0 aliphatic heterocycles. The smallest absolute Gasteiger partial charge is 0.176 e. The van der Waals surface area contributed by atoms with Crippen molar-refractivity contribution in [2.75, 3.05) is 10.6 Å². The van der Waals surface area contributed by atoms with Gasteiger partial charge in [-0.2, -0.15) is 0 Å². The van der Waals surface area contributed by atoms with Gasteiger partial charge < -0.3 is 15.2 Å². The molecule has 0 aliphatic carbocycles. The molecule has 1 aromatic heterocycles. The second-order valence-electron chi connectivity index (χ2n) is 5.86. The van der Waals surface area contributed by atoms with Gasteiger partial charge in [-0.25, -0.2) is 0 Å². The minimum absolute atomic E-state index is 0.0917. The fourth-order valence-electron chi connectivity index (χ4n) is 1.69. The molecule has 0 aliphatic rings. The van der Waals surface area contributed by atoms with E-state index in [2.05, 4.69) is 36.6 Å². The van der Waals surface area contributed by atoms with Crippen LogP contribution in [0.4, 0.5) is 11.5 Å². The van der Waals surface area contributed by atoms with Crippen molar-refractivity contribution in [2.24, 2.45) is 0 Å². The molecule has 4 nitrogen and oxygen atoms in total. The van der Waals surface area contributed by atoms with E-state index in [0.717, 1.165) is 17.0 Å². The Labute approximate surface area is 134 Å². The molecule has 0 unspecified atom stereocenters. The molecule has 2 rings (SSSR count). The van der Waals surface area contributed by atoms with E-state index in [1.807, 2.05) is 31.2 Å². The van der Waals surface area contributed by atoms with Gasteiger partial charge in [-0.15, -0.1) is 0 Å². The number of nitrogens with zero attached hydrogens (tertiary/aromatic N) is 1. The maximum absolute atomic E-state index is 5.98. The number of anilines is 2. The Kier molecular flexibility index (Phi) is 4.54. The van der Waals surface area contributed by atoms with Crippen molar-refractivity contribution >= 4 is 40.4 Å². The SMILES string of the molecule is Cc1ccc(Cl)cc1NC(=S)Nc1cc(C(C)(C)C)on1. The summed E-state index contributed by atoms with van der Waals surface area (Å²) in [6.45, 7) is 8.16. The molecule has 0 saturated heterocycles. The first-order valence-corrected chi connectivity index (χ1v) is 7.36. The van der Waals surface area contributed by atoms with E-state index >= 15 is 0 Å². The summed E-state index contributed by atoms with van der Waals surface area (Å²) in [5.41, 5.74) is 1.82. The van der Waals surface area contributed by atoms with Gasteiger partial charge in [0.25, 0.3) is 0 Å². The standard InChI is InChI=1S/C15H18ClN3OS/c1-9-5-6-10(16)7-11(9)17-14(21)18-13-8-12(20-19-13)15(2,3)4/h5-8H,1-4H3,(H2,17,18,19,21). The number of thiocarbonyl (C=S) groups is 1. The van der Waals surface area contributed by atoms with Crippen LogP contribution in [0.2, 0.25) is 5.02 Å². The first-order chi connectivity index (χ1) is 9.75. The van der Waals surface area contributed by atoms with Gasteiger partial charge in [-0.3, -0.25) is 0 Å². The highest BCUT2D eigenvalue weighted by molar-refractivity contribution is 7.80. The third kappa shape index (κ3) is 4.19. The summed E-state index contributed by atoms with van der Waals surface area (Å²) < 4.78 is 5.30. The number of rotatable bonds is 2. The van der Waals surface area contributed by atoms with E-state index < -0.39 is 0 Å². The molecule has 1 aromatic carbocycles. The highest BCUT2D eigenvalue weighted by Gasteiger charge is 2.19. The predicted molar refractivity (Wildman–Crippen MR) is 91.2 cm³/mol. The van der Waals surface area contributed by atoms with E-state index in [1.165, 1.54) is 0 Å². The Balaban J connectivity index is 2.05. The van der Waals surface area contributed by atoms with Crippen molar-refractivity contribution in [3.8, 4) is 0 Å². The molecule has 0 radical (unpaired) electrons. The molecule has 0 atom stereocenters. The molecule has 0 amide bonds. The first kappa shape index (κ1) is 15.8. The van der Waals surface area contributed by atoms with Crippen molar-refractivity contribution in [1.82, 2.24) is 5.16 Å². The van der Waals surface area contributed by atoms with Gasteiger partial charge in [-0.1, -0.05) is 43.6 Å². The molecule has 2 N–H and O–H groups in total. The maximum atomic E-state index is 5.98. The van der Waals surface area contributed by atoms with Gasteiger partial charge in [0.05, 0.1) is 0 Å². The number of aromatic nitrogens is 1. The molecular formula is C15H18ClN3OS. The van der Waals surface area contributed by atoms with Crippen LogP contribution in [0.15, 0.2) is 28.8 Å². The average molecular weight is 324 g/mol. The van der Waals surface area contributed by atoms with Crippen molar-refractivity contribution in [2.45, 2.75) is 33.1 Å². The second kappa shape index (κ2) is 6.03. The monoisotopic (exact) mass is 323 g/mol. The number of nitrogens with one attached hydrogen (secondary N) is 2. The zero-order valence-corrected chi connectivity index (χ0v) is 14.0. The lowest BCUT2D eigenvalue weighted by molar-refractivity contribution is 0.331. The molecule has 0 spiro atoms. The van der Waals surface area contributed by atoms with Crippen LogP contribution < -0.4 is 10.6 Å². The third-order valence-electron chi connectivity index (χ3n) is 2.94. The topological polar surface area (TPSA) is 50.1 Å². The zero-order chi connectivity index (χ0) is 15.6. The fraction of sp³-hybridized carbons (Fsp3) is 0.333. The van der Waals surface area contributed by atoms with Crippen LogP contribution in [0.1, 0.15) is 32.1 Å². The lowest BCUT2D eigenvalue weighted by atomic mass is 9.93. The molecule has 0 fully saturated rings. The maximum Gasteiger partial charge on any atom is 0.176 e. The van der Waals surface area contributed by atoms with Crippen LogP contribution in [-0.2, 0) is 5.41 Å². The molecular weight excluding hydrogens is 306 g/mol. The van der Waals surface area contributed by atoms with Gasteiger partial charge >= 0.3 is 0 Å². The molecule has 0 saturated carbocycles. The molecule has 112 valence electrons. The highest BCUT2D eigenvalue weighted by atomic mass is 35.5. The van der Waals surface area contributed by atoms with E-state index in [-0.39, 0.29) is 5.41 Å². The van der Waals surface area contributed by atoms with E-state index in [9.17, 15) is 0 Å². The number of halogens is 1. The summed E-state index contributed by atoms with van der Waals surface area (Å²) >= 11 is 11.3. The number of hydrogen-bond acceptors (Lipinski definition) is 3. The number of aryl methyl sites for hydroxylation is 1. The summed E-state index contributed by atoms with van der Waals surface area (Å²) in [6.07, 6.45) is 0. The highest BCUT2D eigenvalue weighted by Crippen LogP contribution is 2.25. The zero-order valence-electron chi connectivity index (χ0n) is 12.5. The largest absolute Gasteiger partial charge is 0.359 e. The van der Waals surface area contributed by atoms with Gasteiger partial charge in [0.15, 0.2) is 10.9 Å². The lowest BCUT2D eigenvalue weighted by Crippen LogP contribution is -2.19. The number of benzene rings is 1. The third-order valence-corrected chi connectivity index (χ3v) is 3.38. The summed E-state index contributed by atoms with van der Waals surface area (Å²) in [4.78, 5) is 0. The second-order valence-corrected chi connectivity index (χ2v) is 6.71. The Morgan fingerprint density at radius 2 is 1.95 bits per heavy atom. The minimum atomic E-state index is -0.0917. The van der Waals surface area contributed by atoms with Crippen molar-refractivity contribution in [1.29, 1.82) is 0 Å². The molecule has 2 aromatic rings. The van der Waals surface area contributed by atoms with Crippen LogP contribution >= 0.6 is 23.8 Å². The normalized spacial score (nSPS) is 11.3. The minimum Gasteiger partial charge on any atom is -0.359 e. The van der Waals surface area contributed by atoms with Crippen molar-refractivity contribution in [3.05, 3.63) is 40.6 Å². The molecule has 6 heteroatoms. The Morgan fingerprint density at radius 3 is 2.57 bits per heavy atom. The van der Waals surface area contributed by atoms with Gasteiger partial charge in [-0.05, 0) is 36.8 Å². The Morgan fingerprint density at radius 1 is 1.24 bits per heavy atom. The average Bonchev–Trinajstić information content (AvgIpc) is 2.82.